The fourth-order valence-electron chi connectivity index (χ4n) is 3.47. The summed E-state index contributed by atoms with van der Waals surface area (Å²) in [5, 5.41) is 5.33. The summed E-state index contributed by atoms with van der Waals surface area (Å²) in [6.45, 7) is 2.38. The maximum absolute atomic E-state index is 12.5. The molecule has 2 N–H and O–H groups in total. The van der Waals surface area contributed by atoms with Crippen molar-refractivity contribution < 1.29 is 23.9 Å². The van der Waals surface area contributed by atoms with Crippen molar-refractivity contribution >= 4 is 29.1 Å². The maximum atomic E-state index is 12.5. The molecule has 0 aliphatic carbocycles. The lowest BCUT2D eigenvalue weighted by Crippen LogP contribution is -2.41. The third kappa shape index (κ3) is 5.72. The number of hydrogen-bond acceptors (Lipinski definition) is 5. The second-order valence-corrected chi connectivity index (χ2v) is 7.77. The molecule has 4 rings (SSSR count). The normalized spacial score (nSPS) is 12.4. The summed E-state index contributed by atoms with van der Waals surface area (Å²) in [5.41, 5.74) is 2.65. The predicted octanol–water partition coefficient (Wildman–Crippen LogP) is 3.17. The first-order valence-electron chi connectivity index (χ1n) is 10.9. The number of benzene rings is 3. The van der Waals surface area contributed by atoms with Gasteiger partial charge in [0.1, 0.15) is 18.1 Å². The second-order valence-electron chi connectivity index (χ2n) is 7.77. The lowest BCUT2D eigenvalue weighted by Gasteiger charge is -2.29. The lowest BCUT2D eigenvalue weighted by atomic mass is 10.2. The van der Waals surface area contributed by atoms with Crippen molar-refractivity contribution in [3.05, 3.63) is 83.9 Å². The standard InChI is InChI=1S/C26H25N3O5/c1-18-7-10-21(11-8-18)33-14-13-29-22-15-20(9-12-23(22)34-17-25(29)31)28-24(30)16-27-26(32)19-5-3-2-4-6-19/h2-12,15H,13-14,16-17H2,1H3,(H,27,32)(H,28,30). The summed E-state index contributed by atoms with van der Waals surface area (Å²) in [6, 6.07) is 21.4. The van der Waals surface area contributed by atoms with Crippen molar-refractivity contribution in [1.29, 1.82) is 0 Å². The highest BCUT2D eigenvalue weighted by atomic mass is 16.5. The number of nitrogens with one attached hydrogen (secondary N) is 2. The number of aryl methyl sites for hydroxylation is 1. The van der Waals surface area contributed by atoms with Crippen LogP contribution < -0.4 is 25.0 Å². The van der Waals surface area contributed by atoms with Crippen molar-refractivity contribution in [3.8, 4) is 11.5 Å². The van der Waals surface area contributed by atoms with Crippen LogP contribution in [0.3, 0.4) is 0 Å². The molecule has 3 amide bonds. The molecule has 1 aliphatic heterocycles. The van der Waals surface area contributed by atoms with Crippen LogP contribution in [0, 0.1) is 6.92 Å². The Morgan fingerprint density at radius 2 is 1.79 bits per heavy atom. The smallest absolute Gasteiger partial charge is 0.265 e. The molecular weight excluding hydrogens is 434 g/mol. The number of fused-ring (bicyclic) bond motifs is 1. The molecule has 0 fully saturated rings. The molecule has 174 valence electrons. The number of carbonyl (C=O) groups excluding carboxylic acids is 3. The third-order valence-corrected chi connectivity index (χ3v) is 5.24. The van der Waals surface area contributed by atoms with E-state index < -0.39 is 0 Å². The monoisotopic (exact) mass is 459 g/mol. The van der Waals surface area contributed by atoms with Gasteiger partial charge in [0.25, 0.3) is 11.8 Å². The number of ether oxygens (including phenoxy) is 2. The Kier molecular flexibility index (Phi) is 7.07. The molecule has 1 heterocycles. The number of anilines is 2. The van der Waals surface area contributed by atoms with Crippen LogP contribution in [0.4, 0.5) is 11.4 Å². The first-order valence-corrected chi connectivity index (χ1v) is 10.9. The number of hydrogen-bond donors (Lipinski definition) is 2. The fourth-order valence-corrected chi connectivity index (χ4v) is 3.47. The first kappa shape index (κ1) is 22.8. The van der Waals surface area contributed by atoms with Crippen molar-refractivity contribution in [2.45, 2.75) is 6.92 Å². The quantitative estimate of drug-likeness (QED) is 0.539. The van der Waals surface area contributed by atoms with E-state index in [4.69, 9.17) is 9.47 Å². The summed E-state index contributed by atoms with van der Waals surface area (Å²) in [5.74, 6) is 0.357. The van der Waals surface area contributed by atoms with Crippen LogP contribution in [0.1, 0.15) is 15.9 Å². The third-order valence-electron chi connectivity index (χ3n) is 5.24. The highest BCUT2D eigenvalue weighted by Crippen LogP contribution is 2.34. The average Bonchev–Trinajstić information content (AvgIpc) is 2.85. The van der Waals surface area contributed by atoms with Crippen molar-refractivity contribution in [1.82, 2.24) is 5.32 Å². The Balaban J connectivity index is 1.36. The second kappa shape index (κ2) is 10.5. The Labute approximate surface area is 197 Å². The Morgan fingerprint density at radius 3 is 2.56 bits per heavy atom. The van der Waals surface area contributed by atoms with E-state index in [1.807, 2.05) is 37.3 Å². The maximum Gasteiger partial charge on any atom is 0.265 e. The van der Waals surface area contributed by atoms with Crippen molar-refractivity contribution in [2.75, 3.05) is 36.5 Å². The summed E-state index contributed by atoms with van der Waals surface area (Å²) < 4.78 is 11.3. The topological polar surface area (TPSA) is 97.0 Å². The van der Waals surface area contributed by atoms with Crippen LogP contribution in [0.15, 0.2) is 72.8 Å². The van der Waals surface area contributed by atoms with E-state index in [9.17, 15) is 14.4 Å². The molecule has 0 saturated heterocycles. The molecule has 0 unspecified atom stereocenters. The van der Waals surface area contributed by atoms with Gasteiger partial charge in [-0.15, -0.1) is 0 Å². The molecule has 8 heteroatoms. The highest BCUT2D eigenvalue weighted by Gasteiger charge is 2.26. The first-order chi connectivity index (χ1) is 16.5. The van der Waals surface area contributed by atoms with Gasteiger partial charge in [0.2, 0.25) is 5.91 Å². The Hall–Kier alpha value is -4.33. The van der Waals surface area contributed by atoms with Gasteiger partial charge in [-0.3, -0.25) is 14.4 Å². The van der Waals surface area contributed by atoms with Gasteiger partial charge >= 0.3 is 0 Å². The minimum absolute atomic E-state index is 0.0608. The minimum Gasteiger partial charge on any atom is -0.492 e. The minimum atomic E-state index is -0.387. The zero-order valence-electron chi connectivity index (χ0n) is 18.7. The zero-order valence-corrected chi connectivity index (χ0v) is 18.7. The van der Waals surface area contributed by atoms with E-state index in [1.165, 1.54) is 0 Å². The van der Waals surface area contributed by atoms with Gasteiger partial charge < -0.3 is 25.0 Å². The number of carbonyl (C=O) groups is 3. The van der Waals surface area contributed by atoms with Gasteiger partial charge in [-0.1, -0.05) is 35.9 Å². The van der Waals surface area contributed by atoms with Gasteiger partial charge in [0.15, 0.2) is 6.61 Å². The van der Waals surface area contributed by atoms with Crippen LogP contribution >= 0.6 is 0 Å². The number of amides is 3. The van der Waals surface area contributed by atoms with Crippen molar-refractivity contribution in [3.63, 3.8) is 0 Å². The molecule has 0 aromatic heterocycles. The van der Waals surface area contributed by atoms with Gasteiger partial charge in [-0.2, -0.15) is 0 Å². The summed E-state index contributed by atoms with van der Waals surface area (Å²) in [6.07, 6.45) is 0. The largest absolute Gasteiger partial charge is 0.492 e. The molecule has 34 heavy (non-hydrogen) atoms. The molecule has 3 aromatic rings. The van der Waals surface area contributed by atoms with E-state index >= 15 is 0 Å². The summed E-state index contributed by atoms with van der Waals surface area (Å²) in [7, 11) is 0. The van der Waals surface area contributed by atoms with Gasteiger partial charge in [0, 0.05) is 11.3 Å². The van der Waals surface area contributed by atoms with Crippen LogP contribution in [-0.4, -0.2) is 44.0 Å². The van der Waals surface area contributed by atoms with Gasteiger partial charge in [-0.25, -0.2) is 0 Å². The molecular formula is C26H25N3O5. The van der Waals surface area contributed by atoms with Crippen LogP contribution in [0.2, 0.25) is 0 Å². The zero-order chi connectivity index (χ0) is 23.9. The lowest BCUT2D eigenvalue weighted by molar-refractivity contribution is -0.121. The van der Waals surface area contributed by atoms with E-state index in [1.54, 1.807) is 47.4 Å². The highest BCUT2D eigenvalue weighted by molar-refractivity contribution is 6.01. The predicted molar refractivity (Wildman–Crippen MR) is 128 cm³/mol. The summed E-state index contributed by atoms with van der Waals surface area (Å²) in [4.78, 5) is 38.6. The SMILES string of the molecule is Cc1ccc(OCCN2C(=O)COc3ccc(NC(=O)CNC(=O)c4ccccc4)cc32)cc1. The molecule has 0 atom stereocenters. The molecule has 8 nitrogen and oxygen atoms in total. The van der Waals surface area contributed by atoms with Crippen LogP contribution in [-0.2, 0) is 9.59 Å². The molecule has 0 bridgehead atoms. The molecule has 3 aromatic carbocycles. The van der Waals surface area contributed by atoms with Crippen LogP contribution in [0.5, 0.6) is 11.5 Å². The summed E-state index contributed by atoms with van der Waals surface area (Å²) >= 11 is 0. The van der Waals surface area contributed by atoms with Gasteiger partial charge in [-0.05, 0) is 49.4 Å². The van der Waals surface area contributed by atoms with E-state index in [2.05, 4.69) is 10.6 Å². The Bertz CT molecular complexity index is 1180. The fraction of sp³-hybridized carbons (Fsp3) is 0.192. The number of rotatable bonds is 8. The molecule has 1 aliphatic rings. The molecule has 0 radical (unpaired) electrons. The molecule has 0 spiro atoms. The van der Waals surface area contributed by atoms with Crippen molar-refractivity contribution in [2.24, 2.45) is 0 Å². The van der Waals surface area contributed by atoms with Gasteiger partial charge in [0.05, 0.1) is 18.8 Å². The van der Waals surface area contributed by atoms with E-state index in [-0.39, 0.29) is 30.9 Å². The Morgan fingerprint density at radius 1 is 1.03 bits per heavy atom. The average molecular weight is 460 g/mol. The van der Waals surface area contributed by atoms with E-state index in [0.717, 1.165) is 11.3 Å². The number of nitrogens with zero attached hydrogens (tertiary/aromatic N) is 1. The van der Waals surface area contributed by atoms with Crippen LogP contribution in [0.25, 0.3) is 0 Å². The molecule has 0 saturated carbocycles. The van der Waals surface area contributed by atoms with E-state index in [0.29, 0.717) is 35.8 Å².